The van der Waals surface area contributed by atoms with E-state index in [1.165, 1.54) is 46.4 Å². The Morgan fingerprint density at radius 2 is 1.45 bits per heavy atom. The predicted molar refractivity (Wildman–Crippen MR) is 281 cm³/mol. The molecule has 0 aliphatic carbocycles. The first-order valence-corrected chi connectivity index (χ1v) is 25.8. The summed E-state index contributed by atoms with van der Waals surface area (Å²) in [4.78, 5) is 82.2. The number of nitrogens with two attached hydrogens (primary N) is 3. The van der Waals surface area contributed by atoms with E-state index in [-0.39, 0.29) is 88.2 Å². The van der Waals surface area contributed by atoms with Crippen molar-refractivity contribution in [1.29, 1.82) is 5.26 Å². The Morgan fingerprint density at radius 1 is 0.896 bits per heavy atom. The van der Waals surface area contributed by atoms with E-state index < -0.39 is 95.8 Å². The summed E-state index contributed by atoms with van der Waals surface area (Å²) in [5.41, 5.74) is 14.0. The van der Waals surface area contributed by atoms with Gasteiger partial charge in [0.2, 0.25) is 23.6 Å². The third kappa shape index (κ3) is 15.3. The second-order valence-corrected chi connectivity index (χ2v) is 20.6. The minimum Gasteiger partial charge on any atom is -0.492 e. The number of nitrogens with zero attached hydrogens (tertiary/aromatic N) is 4. The molecular formula is C51H68N12O13S. The first-order chi connectivity index (χ1) is 36.2. The minimum absolute atomic E-state index is 0.00625. The number of amides is 5. The van der Waals surface area contributed by atoms with Crippen LogP contribution in [-0.2, 0) is 41.2 Å². The number of fused-ring (bicyclic) bond motifs is 5. The lowest BCUT2D eigenvalue weighted by atomic mass is 9.86. The summed E-state index contributed by atoms with van der Waals surface area (Å²) in [6.07, 6.45) is -2.61. The number of nitriles is 1. The number of benzene rings is 3. The molecule has 3 unspecified atom stereocenters. The van der Waals surface area contributed by atoms with Crippen molar-refractivity contribution < 1.29 is 61.6 Å². The number of ether oxygens (including phenoxy) is 4. The molecule has 13 N–H and O–H groups in total. The Morgan fingerprint density at radius 3 is 1.97 bits per heavy atom. The molecule has 1 aromatic heterocycles. The molecule has 0 saturated carbocycles. The number of methoxy groups -OCH3 is 2. The molecule has 25 nitrogen and oxygen atoms in total. The van der Waals surface area contributed by atoms with Crippen molar-refractivity contribution in [1.82, 2.24) is 40.9 Å². The Balaban J connectivity index is 1.73. The first-order valence-electron chi connectivity index (χ1n) is 24.3. The van der Waals surface area contributed by atoms with Crippen LogP contribution in [0.4, 0.5) is 0 Å². The van der Waals surface area contributed by atoms with Gasteiger partial charge in [-0.25, -0.2) is 15.1 Å². The molecule has 26 heteroatoms. The number of carbonyl (C=O) groups excluding carboxylic acids is 5. The van der Waals surface area contributed by atoms with Crippen molar-refractivity contribution in [2.75, 3.05) is 60.7 Å². The number of rotatable bonds is 20. The number of likely N-dealkylation sites (N-methyl/N-ethyl adjacent to an activating group) is 1. The van der Waals surface area contributed by atoms with Gasteiger partial charge in [-0.2, -0.15) is 18.4 Å². The van der Waals surface area contributed by atoms with Gasteiger partial charge in [0, 0.05) is 49.8 Å². The van der Waals surface area contributed by atoms with Crippen LogP contribution >= 0.6 is 0 Å². The van der Waals surface area contributed by atoms with Crippen molar-refractivity contribution in [2.45, 2.75) is 89.8 Å². The van der Waals surface area contributed by atoms with Gasteiger partial charge in [-0.1, -0.05) is 45.0 Å². The Bertz CT molecular complexity index is 2960. The smallest absolute Gasteiger partial charge is 0.274 e. The molecule has 2 heterocycles. The highest BCUT2D eigenvalue weighted by atomic mass is 32.2. The van der Waals surface area contributed by atoms with Crippen molar-refractivity contribution in [3.8, 4) is 51.6 Å². The maximum Gasteiger partial charge on any atom is 0.274 e. The van der Waals surface area contributed by atoms with Crippen LogP contribution in [0.25, 0.3) is 22.5 Å². The number of nitrogens with one attached hydrogen (secondary N) is 5. The van der Waals surface area contributed by atoms with Crippen molar-refractivity contribution in [2.24, 2.45) is 16.6 Å². The molecule has 4 aromatic rings. The molecule has 3 aromatic carbocycles. The molecule has 77 heavy (non-hydrogen) atoms. The average molecular weight is 1090 g/mol. The van der Waals surface area contributed by atoms with E-state index in [0.717, 1.165) is 10.5 Å². The maximum absolute atomic E-state index is 15.1. The van der Waals surface area contributed by atoms with Crippen LogP contribution in [0.2, 0.25) is 0 Å². The Kier molecular flexibility index (Phi) is 20.4. The summed E-state index contributed by atoms with van der Waals surface area (Å²) in [5, 5.41) is 45.9. The number of aryl methyl sites for hydroxylation is 2. The zero-order valence-electron chi connectivity index (χ0n) is 44.3. The molecule has 0 spiro atoms. The van der Waals surface area contributed by atoms with Crippen LogP contribution in [0.15, 0.2) is 48.5 Å². The van der Waals surface area contributed by atoms with E-state index in [1.807, 2.05) is 30.3 Å². The lowest BCUT2D eigenvalue weighted by Crippen LogP contribution is -2.57. The summed E-state index contributed by atoms with van der Waals surface area (Å²) >= 11 is 0. The quantitative estimate of drug-likeness (QED) is 0.0495. The molecule has 6 atom stereocenters. The van der Waals surface area contributed by atoms with Crippen LogP contribution < -0.4 is 61.5 Å². The minimum atomic E-state index is -4.53. The highest BCUT2D eigenvalue weighted by Crippen LogP contribution is 2.48. The monoisotopic (exact) mass is 1090 g/mol. The molecule has 1 aliphatic rings. The fourth-order valence-corrected chi connectivity index (χ4v) is 8.70. The number of hydrogen-bond acceptors (Lipinski definition) is 18. The van der Waals surface area contributed by atoms with Gasteiger partial charge in [-0.05, 0) is 67.1 Å². The van der Waals surface area contributed by atoms with Gasteiger partial charge in [0.05, 0.1) is 37.2 Å². The third-order valence-electron chi connectivity index (χ3n) is 12.4. The summed E-state index contributed by atoms with van der Waals surface area (Å²) in [6.45, 7) is 8.24. The van der Waals surface area contributed by atoms with E-state index in [2.05, 4.69) is 56.7 Å². The van der Waals surface area contributed by atoms with Gasteiger partial charge >= 0.3 is 0 Å². The van der Waals surface area contributed by atoms with Gasteiger partial charge in [-0.15, -0.1) is 0 Å². The molecule has 0 saturated heterocycles. The van der Waals surface area contributed by atoms with Crippen LogP contribution in [0.3, 0.4) is 0 Å². The Labute approximate surface area is 446 Å². The van der Waals surface area contributed by atoms with Crippen molar-refractivity contribution in [3.63, 3.8) is 0 Å². The summed E-state index contributed by atoms with van der Waals surface area (Å²) < 4.78 is 50.9. The second kappa shape index (κ2) is 26.0. The number of carbonyl (C=O) groups is 5. The third-order valence-corrected chi connectivity index (χ3v) is 12.9. The number of aliphatic hydroxyl groups is 2. The van der Waals surface area contributed by atoms with Gasteiger partial charge < -0.3 is 66.8 Å². The van der Waals surface area contributed by atoms with E-state index in [4.69, 9.17) is 35.6 Å². The van der Waals surface area contributed by atoms with Gasteiger partial charge in [0.15, 0.2) is 28.8 Å². The molecule has 5 amide bonds. The lowest BCUT2D eigenvalue weighted by molar-refractivity contribution is -0.141. The number of aromatic nitrogens is 2. The van der Waals surface area contributed by atoms with E-state index in [1.54, 1.807) is 19.9 Å². The Hall–Kier alpha value is -7.51. The van der Waals surface area contributed by atoms with Crippen LogP contribution in [0.5, 0.6) is 23.0 Å². The molecule has 0 radical (unpaired) electrons. The summed E-state index contributed by atoms with van der Waals surface area (Å²) in [6, 6.07) is 8.83. The normalized spacial score (nSPS) is 17.0. The van der Waals surface area contributed by atoms with Crippen LogP contribution in [0, 0.1) is 25.2 Å². The lowest BCUT2D eigenvalue weighted by Gasteiger charge is -2.33. The van der Waals surface area contributed by atoms with E-state index >= 15 is 9.59 Å². The predicted octanol–water partition coefficient (Wildman–Crippen LogP) is -0.584. The largest absolute Gasteiger partial charge is 0.492 e. The van der Waals surface area contributed by atoms with Gasteiger partial charge in [0.1, 0.15) is 56.1 Å². The second-order valence-electron chi connectivity index (χ2n) is 19.2. The molecule has 4 bridgehead atoms. The zero-order chi connectivity index (χ0) is 57.1. The standard InChI is InChI=1S/C51H68N12O13S/c1-26-41(27(2)59-45(58-26)30-10-12-32(13-11-30)51(4,5)6)48(68)62-38(23-57-77(55,71)72)50(70)63(7)42-31-19-36(44(74-9)40(20-31)76-25-34(65)22-54)35-16-29(18-39(43(35)73-8)75-24-33(64)21-53)17-37(47(67)56-15-14-52)61-46(66)28(3)60-49(42)69/h10-13,16,18-20,28,33-34,37-38,42,57,64-65H,15,17,21-25,53-54H2,1-9H3,(H,56,67)(H,60,69)(H,61,66)(H,62,68)(H2,55,71,72)/t28-,33?,34?,37-,38?,42-/m0/s1. The number of hydrogen-bond donors (Lipinski definition) is 10. The molecular weight excluding hydrogens is 1020 g/mol. The first kappa shape index (κ1) is 60.4. The summed E-state index contributed by atoms with van der Waals surface area (Å²) in [7, 11) is -0.723. The average Bonchev–Trinajstić information content (AvgIpc) is 3.38. The molecule has 1 aliphatic heterocycles. The van der Waals surface area contributed by atoms with E-state index in [0.29, 0.717) is 17.0 Å². The van der Waals surface area contributed by atoms with Crippen molar-refractivity contribution >= 4 is 39.7 Å². The molecule has 416 valence electrons. The topological polar surface area (TPSA) is 388 Å². The number of aliphatic hydroxyl groups excluding tert-OH is 2. The maximum atomic E-state index is 15.1. The summed E-state index contributed by atoms with van der Waals surface area (Å²) in [5.74, 6) is -4.44. The van der Waals surface area contributed by atoms with Gasteiger partial charge in [-0.3, -0.25) is 24.0 Å². The zero-order valence-corrected chi connectivity index (χ0v) is 45.2. The van der Waals surface area contributed by atoms with Gasteiger partial charge in [0.25, 0.3) is 16.1 Å². The molecule has 5 rings (SSSR count). The van der Waals surface area contributed by atoms with Crippen LogP contribution in [-0.4, -0.2) is 154 Å². The fraction of sp³-hybridized carbons (Fsp3) is 0.451. The fourth-order valence-electron chi connectivity index (χ4n) is 8.30. The SMILES string of the molecule is COc1c(OCC(O)CN)cc2cc1-c1cc(cc(OCC(O)CN)c1OC)[C@H](N(C)C(=O)C(CNS(N)(=O)=O)NC(=O)c1c(C)nc(-c3ccc(C(C)(C)C)cc3)nc1C)C(=O)N[C@@H](C)C(=O)N[C@H](C(=O)NCC#N)C2. The van der Waals surface area contributed by atoms with Crippen LogP contribution in [0.1, 0.15) is 72.2 Å². The highest BCUT2D eigenvalue weighted by molar-refractivity contribution is 7.87. The highest BCUT2D eigenvalue weighted by Gasteiger charge is 2.38. The van der Waals surface area contributed by atoms with E-state index in [9.17, 15) is 38.3 Å². The van der Waals surface area contributed by atoms with Crippen molar-refractivity contribution in [3.05, 3.63) is 82.2 Å². The molecule has 0 fully saturated rings.